The first-order chi connectivity index (χ1) is 7.02. The van der Waals surface area contributed by atoms with Crippen LogP contribution in [0.3, 0.4) is 0 Å². The Morgan fingerprint density at radius 1 is 1.33 bits per heavy atom. The molecule has 0 radical (unpaired) electrons. The van der Waals surface area contributed by atoms with Gasteiger partial charge in [0.15, 0.2) is 0 Å². The molecule has 5 heteroatoms. The Morgan fingerprint density at radius 2 is 1.93 bits per heavy atom. The number of alkyl halides is 2. The van der Waals surface area contributed by atoms with Crippen molar-refractivity contribution in [3.63, 3.8) is 0 Å². The van der Waals surface area contributed by atoms with Gasteiger partial charge in [0.1, 0.15) is 0 Å². The van der Waals surface area contributed by atoms with Gasteiger partial charge in [-0.3, -0.25) is 0 Å². The van der Waals surface area contributed by atoms with Crippen LogP contribution in [0.4, 0.5) is 8.78 Å². The Bertz CT molecular complexity index is 325. The molecule has 0 spiro atoms. The number of carboxylic acids is 1. The van der Waals surface area contributed by atoms with Crippen molar-refractivity contribution < 1.29 is 23.4 Å². The van der Waals surface area contributed by atoms with E-state index in [0.717, 1.165) is 5.56 Å². The molecule has 1 rings (SSSR count). The molecule has 0 bridgehead atoms. The molecule has 1 aromatic rings. The fraction of sp³-hybridized carbons (Fsp3) is 0.300. The number of ether oxygens (including phenoxy) is 1. The molecule has 0 aliphatic carbocycles. The fourth-order valence-corrected chi connectivity index (χ4v) is 1.00. The second kappa shape index (κ2) is 4.84. The molecule has 1 N–H and O–H groups in total. The van der Waals surface area contributed by atoms with E-state index in [-0.39, 0.29) is 13.0 Å². The second-order valence-corrected chi connectivity index (χ2v) is 2.91. The molecule has 1 aromatic carbocycles. The molecule has 15 heavy (non-hydrogen) atoms. The number of hydrogen-bond donors (Lipinski definition) is 1. The number of carbonyl (C=O) groups is 1. The van der Waals surface area contributed by atoms with E-state index < -0.39 is 12.1 Å². The van der Waals surface area contributed by atoms with Crippen molar-refractivity contribution in [3.05, 3.63) is 35.9 Å². The van der Waals surface area contributed by atoms with Crippen LogP contribution in [0.2, 0.25) is 0 Å². The average Bonchev–Trinajstić information content (AvgIpc) is 2.19. The predicted octanol–water partition coefficient (Wildman–Crippen LogP) is 1.92. The number of carboxylic acid groups (broad SMARTS) is 1. The highest BCUT2D eigenvalue weighted by Gasteiger charge is 2.40. The van der Waals surface area contributed by atoms with E-state index >= 15 is 0 Å². The molecule has 0 saturated heterocycles. The van der Waals surface area contributed by atoms with E-state index in [4.69, 9.17) is 5.11 Å². The summed E-state index contributed by atoms with van der Waals surface area (Å²) in [4.78, 5) is 9.99. The maximum Gasteiger partial charge on any atom is 0.455 e. The first-order valence-electron chi connectivity index (χ1n) is 4.31. The van der Waals surface area contributed by atoms with Gasteiger partial charge in [0.05, 0.1) is 6.61 Å². The van der Waals surface area contributed by atoms with Crippen LogP contribution < -0.4 is 0 Å². The fourth-order valence-electron chi connectivity index (χ4n) is 1.00. The van der Waals surface area contributed by atoms with Crippen molar-refractivity contribution in [2.24, 2.45) is 0 Å². The summed E-state index contributed by atoms with van der Waals surface area (Å²) in [7, 11) is 0. The third kappa shape index (κ3) is 3.63. The van der Waals surface area contributed by atoms with Crippen molar-refractivity contribution in [1.82, 2.24) is 0 Å². The van der Waals surface area contributed by atoms with Gasteiger partial charge in [-0.15, -0.1) is 0 Å². The lowest BCUT2D eigenvalue weighted by atomic mass is 10.2. The van der Waals surface area contributed by atoms with Crippen molar-refractivity contribution in [2.75, 3.05) is 6.61 Å². The molecule has 0 heterocycles. The topological polar surface area (TPSA) is 46.5 Å². The van der Waals surface area contributed by atoms with Crippen LogP contribution in [-0.2, 0) is 16.0 Å². The minimum absolute atomic E-state index is 0.254. The SMILES string of the molecule is O=C(O)C(F)(F)OCCc1ccccc1. The number of benzene rings is 1. The second-order valence-electron chi connectivity index (χ2n) is 2.91. The minimum atomic E-state index is -4.10. The largest absolute Gasteiger partial charge is 0.475 e. The molecule has 0 unspecified atom stereocenters. The third-order valence-electron chi connectivity index (χ3n) is 1.77. The van der Waals surface area contributed by atoms with Gasteiger partial charge in [-0.25, -0.2) is 4.79 Å². The van der Waals surface area contributed by atoms with Crippen LogP contribution in [-0.4, -0.2) is 23.8 Å². The summed E-state index contributed by atoms with van der Waals surface area (Å²) in [5.41, 5.74) is 0.818. The molecule has 3 nitrogen and oxygen atoms in total. The number of halogens is 2. The van der Waals surface area contributed by atoms with Gasteiger partial charge in [-0.05, 0) is 12.0 Å². The van der Waals surface area contributed by atoms with Crippen LogP contribution in [0.5, 0.6) is 0 Å². The Kier molecular flexibility index (Phi) is 3.74. The van der Waals surface area contributed by atoms with Crippen LogP contribution in [0.15, 0.2) is 30.3 Å². The predicted molar refractivity (Wildman–Crippen MR) is 48.7 cm³/mol. The third-order valence-corrected chi connectivity index (χ3v) is 1.77. The molecule has 0 aliphatic heterocycles. The van der Waals surface area contributed by atoms with Gasteiger partial charge in [0, 0.05) is 0 Å². The maximum atomic E-state index is 12.4. The summed E-state index contributed by atoms with van der Waals surface area (Å²) < 4.78 is 28.8. The highest BCUT2D eigenvalue weighted by atomic mass is 19.3. The van der Waals surface area contributed by atoms with E-state index in [1.165, 1.54) is 0 Å². The van der Waals surface area contributed by atoms with Gasteiger partial charge in [0.2, 0.25) is 0 Å². The molecule has 0 saturated carbocycles. The van der Waals surface area contributed by atoms with Crippen molar-refractivity contribution in [2.45, 2.75) is 12.5 Å². The summed E-state index contributed by atoms with van der Waals surface area (Å²) in [5.74, 6) is -2.27. The monoisotopic (exact) mass is 216 g/mol. The number of rotatable bonds is 5. The number of aliphatic carboxylic acids is 1. The normalized spacial score (nSPS) is 11.3. The average molecular weight is 216 g/mol. The molecule has 0 fully saturated rings. The lowest BCUT2D eigenvalue weighted by Gasteiger charge is -2.11. The highest BCUT2D eigenvalue weighted by molar-refractivity contribution is 5.73. The van der Waals surface area contributed by atoms with E-state index in [0.29, 0.717) is 0 Å². The quantitative estimate of drug-likeness (QED) is 0.817. The van der Waals surface area contributed by atoms with E-state index in [2.05, 4.69) is 4.74 Å². The summed E-state index contributed by atoms with van der Waals surface area (Å²) >= 11 is 0. The van der Waals surface area contributed by atoms with Gasteiger partial charge >= 0.3 is 12.1 Å². The zero-order valence-electron chi connectivity index (χ0n) is 7.82. The number of hydrogen-bond acceptors (Lipinski definition) is 2. The van der Waals surface area contributed by atoms with Crippen molar-refractivity contribution in [3.8, 4) is 0 Å². The molecule has 0 atom stereocenters. The summed E-state index contributed by atoms with van der Waals surface area (Å²) in [6.07, 6.45) is -3.85. The van der Waals surface area contributed by atoms with Crippen LogP contribution in [0.1, 0.15) is 5.56 Å². The molecule has 0 amide bonds. The van der Waals surface area contributed by atoms with Gasteiger partial charge in [0.25, 0.3) is 0 Å². The molecular formula is C10H10F2O3. The Morgan fingerprint density at radius 3 is 2.47 bits per heavy atom. The first-order valence-corrected chi connectivity index (χ1v) is 4.31. The van der Waals surface area contributed by atoms with Crippen LogP contribution in [0.25, 0.3) is 0 Å². The summed E-state index contributed by atoms with van der Waals surface area (Å²) in [5, 5.41) is 8.06. The standard InChI is InChI=1S/C10H10F2O3/c11-10(12,9(13)14)15-7-6-8-4-2-1-3-5-8/h1-5H,6-7H2,(H,13,14). The Hall–Kier alpha value is -1.49. The zero-order valence-corrected chi connectivity index (χ0v) is 7.82. The van der Waals surface area contributed by atoms with Crippen molar-refractivity contribution in [1.29, 1.82) is 0 Å². The zero-order chi connectivity index (χ0) is 11.3. The maximum absolute atomic E-state index is 12.4. The van der Waals surface area contributed by atoms with Gasteiger partial charge < -0.3 is 9.84 Å². The molecule has 0 aliphatic rings. The first kappa shape index (κ1) is 11.6. The lowest BCUT2D eigenvalue weighted by molar-refractivity contribution is -0.245. The molecule has 0 aromatic heterocycles. The van der Waals surface area contributed by atoms with E-state index in [1.54, 1.807) is 30.3 Å². The van der Waals surface area contributed by atoms with Crippen molar-refractivity contribution >= 4 is 5.97 Å². The Labute approximate surface area is 85.3 Å². The highest BCUT2D eigenvalue weighted by Crippen LogP contribution is 2.15. The van der Waals surface area contributed by atoms with Gasteiger partial charge in [-0.1, -0.05) is 30.3 Å². The summed E-state index contributed by atoms with van der Waals surface area (Å²) in [6, 6.07) is 8.84. The van der Waals surface area contributed by atoms with Crippen LogP contribution >= 0.6 is 0 Å². The lowest BCUT2D eigenvalue weighted by Crippen LogP contribution is -2.32. The molecule has 82 valence electrons. The summed E-state index contributed by atoms with van der Waals surface area (Å²) in [6.45, 7) is -0.330. The molecular weight excluding hydrogens is 206 g/mol. The van der Waals surface area contributed by atoms with Crippen LogP contribution in [0, 0.1) is 0 Å². The minimum Gasteiger partial charge on any atom is -0.475 e. The van der Waals surface area contributed by atoms with E-state index in [9.17, 15) is 13.6 Å². The van der Waals surface area contributed by atoms with Gasteiger partial charge in [-0.2, -0.15) is 8.78 Å². The Balaban J connectivity index is 2.37. The smallest absolute Gasteiger partial charge is 0.455 e. The van der Waals surface area contributed by atoms with E-state index in [1.807, 2.05) is 0 Å².